The Morgan fingerprint density at radius 1 is 1.27 bits per heavy atom. The van der Waals surface area contributed by atoms with Crippen LogP contribution in [0.5, 0.6) is 5.75 Å². The molecular formula is C19H21BrF3N3O4. The molecule has 7 nitrogen and oxygen atoms in total. The summed E-state index contributed by atoms with van der Waals surface area (Å²) in [5.74, 6) is -1.86. The van der Waals surface area contributed by atoms with Crippen molar-refractivity contribution in [2.45, 2.75) is 50.0 Å². The molecule has 0 bridgehead atoms. The summed E-state index contributed by atoms with van der Waals surface area (Å²) >= 11 is 3.40. The van der Waals surface area contributed by atoms with E-state index in [0.29, 0.717) is 13.2 Å². The van der Waals surface area contributed by atoms with Crippen molar-refractivity contribution >= 4 is 27.8 Å². The first-order valence-corrected chi connectivity index (χ1v) is 10.1. The highest BCUT2D eigenvalue weighted by Crippen LogP contribution is 2.22. The third-order valence-corrected chi connectivity index (χ3v) is 5.26. The number of nitriles is 1. The van der Waals surface area contributed by atoms with Gasteiger partial charge >= 0.3 is 12.1 Å². The molecule has 0 radical (unpaired) electrons. The van der Waals surface area contributed by atoms with Crippen molar-refractivity contribution in [3.63, 3.8) is 0 Å². The summed E-state index contributed by atoms with van der Waals surface area (Å²) in [5, 5.41) is 19.6. The van der Waals surface area contributed by atoms with Crippen LogP contribution in [0.4, 0.5) is 13.2 Å². The normalized spacial score (nSPS) is 23.3. The van der Waals surface area contributed by atoms with Crippen LogP contribution in [0.15, 0.2) is 28.7 Å². The topological polar surface area (TPSA) is 103 Å². The summed E-state index contributed by atoms with van der Waals surface area (Å²) in [4.78, 5) is 23.2. The molecule has 1 aromatic carbocycles. The molecule has 2 aliphatic rings. The maximum atomic E-state index is 12.5. The molecule has 3 atom stereocenters. The van der Waals surface area contributed by atoms with Gasteiger partial charge in [0, 0.05) is 17.1 Å². The molecule has 2 heterocycles. The van der Waals surface area contributed by atoms with E-state index < -0.39 is 12.1 Å². The lowest BCUT2D eigenvalue weighted by Crippen LogP contribution is -2.47. The molecule has 2 saturated heterocycles. The smallest absolute Gasteiger partial charge is 0.490 e. The number of ether oxygens (including phenoxy) is 1. The molecule has 2 fully saturated rings. The van der Waals surface area contributed by atoms with Crippen molar-refractivity contribution in [3.05, 3.63) is 28.7 Å². The fourth-order valence-electron chi connectivity index (χ4n) is 3.24. The van der Waals surface area contributed by atoms with Gasteiger partial charge in [0.05, 0.1) is 12.1 Å². The van der Waals surface area contributed by atoms with Crippen LogP contribution in [0, 0.1) is 11.3 Å². The molecule has 2 aliphatic heterocycles. The van der Waals surface area contributed by atoms with Crippen molar-refractivity contribution in [2.24, 2.45) is 0 Å². The number of nitrogens with zero attached hydrogens (tertiary/aromatic N) is 2. The lowest BCUT2D eigenvalue weighted by atomic mass is 10.1. The Balaban J connectivity index is 0.000000396. The van der Waals surface area contributed by atoms with Gasteiger partial charge in [0.1, 0.15) is 18.4 Å². The van der Waals surface area contributed by atoms with Crippen molar-refractivity contribution in [1.82, 2.24) is 10.2 Å². The van der Waals surface area contributed by atoms with E-state index in [1.165, 1.54) is 0 Å². The summed E-state index contributed by atoms with van der Waals surface area (Å²) in [6.45, 7) is 1.25. The summed E-state index contributed by atoms with van der Waals surface area (Å²) in [5.41, 5.74) is 0. The molecule has 164 valence electrons. The van der Waals surface area contributed by atoms with Gasteiger partial charge in [0.25, 0.3) is 0 Å². The van der Waals surface area contributed by atoms with E-state index in [-0.39, 0.29) is 24.0 Å². The summed E-state index contributed by atoms with van der Waals surface area (Å²) in [7, 11) is 0. The highest BCUT2D eigenvalue weighted by atomic mass is 79.9. The second kappa shape index (κ2) is 10.6. The van der Waals surface area contributed by atoms with Crippen LogP contribution >= 0.6 is 15.9 Å². The molecule has 0 aromatic heterocycles. The Hall–Kier alpha value is -2.32. The second-order valence-electron chi connectivity index (χ2n) is 6.88. The number of carboxylic acid groups (broad SMARTS) is 1. The molecule has 0 saturated carbocycles. The SMILES string of the molecule is N#C[C@@H]1CCCN1C(=O)[C@@H]1CC[C@H](COc2ccc(Br)cc2)N1.O=C(O)C(F)(F)F. The number of hydrogen-bond donors (Lipinski definition) is 2. The van der Waals surface area contributed by atoms with Gasteiger partial charge in [0.2, 0.25) is 5.91 Å². The van der Waals surface area contributed by atoms with Crippen LogP contribution in [-0.2, 0) is 9.59 Å². The van der Waals surface area contributed by atoms with Crippen LogP contribution in [0.25, 0.3) is 0 Å². The number of amides is 1. The van der Waals surface area contributed by atoms with Crippen LogP contribution in [-0.4, -0.2) is 59.3 Å². The first-order chi connectivity index (χ1) is 14.1. The summed E-state index contributed by atoms with van der Waals surface area (Å²) in [6, 6.07) is 9.71. The fourth-order valence-corrected chi connectivity index (χ4v) is 3.50. The number of nitrogens with one attached hydrogen (secondary N) is 1. The number of carboxylic acids is 1. The third-order valence-electron chi connectivity index (χ3n) is 4.73. The predicted molar refractivity (Wildman–Crippen MR) is 104 cm³/mol. The van der Waals surface area contributed by atoms with Gasteiger partial charge in [0.15, 0.2) is 0 Å². The van der Waals surface area contributed by atoms with Crippen LogP contribution in [0.2, 0.25) is 0 Å². The number of carbonyl (C=O) groups excluding carboxylic acids is 1. The minimum absolute atomic E-state index is 0.0696. The minimum atomic E-state index is -5.08. The van der Waals surface area contributed by atoms with E-state index in [1.807, 2.05) is 24.3 Å². The van der Waals surface area contributed by atoms with Gasteiger partial charge in [-0.15, -0.1) is 0 Å². The zero-order valence-corrected chi connectivity index (χ0v) is 17.4. The number of rotatable bonds is 4. The Labute approximate surface area is 179 Å². The average molecular weight is 492 g/mol. The number of benzene rings is 1. The Bertz CT molecular complexity index is 783. The molecule has 0 unspecified atom stereocenters. The van der Waals surface area contributed by atoms with E-state index in [4.69, 9.17) is 19.9 Å². The summed E-state index contributed by atoms with van der Waals surface area (Å²) < 4.78 is 38.5. The van der Waals surface area contributed by atoms with Crippen molar-refractivity contribution < 1.29 is 32.6 Å². The zero-order valence-electron chi connectivity index (χ0n) is 15.9. The monoisotopic (exact) mass is 491 g/mol. The fraction of sp³-hybridized carbons (Fsp3) is 0.526. The van der Waals surface area contributed by atoms with Gasteiger partial charge in [-0.3, -0.25) is 10.1 Å². The quantitative estimate of drug-likeness (QED) is 0.670. The van der Waals surface area contributed by atoms with Gasteiger partial charge in [-0.2, -0.15) is 18.4 Å². The molecule has 0 aliphatic carbocycles. The number of halogens is 4. The molecule has 1 amide bonds. The van der Waals surface area contributed by atoms with E-state index in [0.717, 1.165) is 35.9 Å². The predicted octanol–water partition coefficient (Wildman–Crippen LogP) is 3.10. The summed E-state index contributed by atoms with van der Waals surface area (Å²) in [6.07, 6.45) is -1.64. The van der Waals surface area contributed by atoms with Gasteiger partial charge in [-0.1, -0.05) is 15.9 Å². The number of hydrogen-bond acceptors (Lipinski definition) is 5. The lowest BCUT2D eigenvalue weighted by Gasteiger charge is -2.23. The molecule has 11 heteroatoms. The zero-order chi connectivity index (χ0) is 22.3. The Morgan fingerprint density at radius 2 is 1.90 bits per heavy atom. The van der Waals surface area contributed by atoms with E-state index >= 15 is 0 Å². The van der Waals surface area contributed by atoms with E-state index in [9.17, 15) is 18.0 Å². The molecule has 0 spiro atoms. The van der Waals surface area contributed by atoms with Gasteiger partial charge < -0.3 is 14.7 Å². The maximum absolute atomic E-state index is 12.5. The second-order valence-corrected chi connectivity index (χ2v) is 7.80. The minimum Gasteiger partial charge on any atom is -0.492 e. The van der Waals surface area contributed by atoms with Crippen molar-refractivity contribution in [2.75, 3.05) is 13.2 Å². The van der Waals surface area contributed by atoms with Gasteiger partial charge in [-0.05, 0) is 49.9 Å². The maximum Gasteiger partial charge on any atom is 0.490 e. The highest BCUT2D eigenvalue weighted by Gasteiger charge is 2.38. The number of aliphatic carboxylic acids is 1. The Kier molecular flexibility index (Phi) is 8.49. The molecule has 30 heavy (non-hydrogen) atoms. The molecule has 1 aromatic rings. The first kappa shape index (κ1) is 24.0. The molecule has 3 rings (SSSR count). The van der Waals surface area contributed by atoms with E-state index in [1.54, 1.807) is 4.90 Å². The number of likely N-dealkylation sites (tertiary alicyclic amines) is 1. The van der Waals surface area contributed by atoms with Crippen LogP contribution < -0.4 is 10.1 Å². The highest BCUT2D eigenvalue weighted by molar-refractivity contribution is 9.10. The average Bonchev–Trinajstić information content (AvgIpc) is 3.36. The van der Waals surface area contributed by atoms with Gasteiger partial charge in [-0.25, -0.2) is 4.79 Å². The lowest BCUT2D eigenvalue weighted by molar-refractivity contribution is -0.192. The third kappa shape index (κ3) is 6.88. The van der Waals surface area contributed by atoms with Crippen molar-refractivity contribution in [1.29, 1.82) is 5.26 Å². The van der Waals surface area contributed by atoms with Crippen molar-refractivity contribution in [3.8, 4) is 11.8 Å². The number of alkyl halides is 3. The standard InChI is InChI=1S/C17H20BrN3O2.C2HF3O2/c18-12-3-6-15(7-4-12)23-11-13-5-8-16(20-13)17(22)21-9-1-2-14(21)10-19;3-2(4,5)1(6)7/h3-4,6-7,13-14,16,20H,1-2,5,8-9,11H2;(H,6,7)/t13-,14+,16+;/m1./s1. The van der Waals surface area contributed by atoms with Crippen LogP contribution in [0.1, 0.15) is 25.7 Å². The first-order valence-electron chi connectivity index (χ1n) is 9.26. The molecule has 2 N–H and O–H groups in total. The van der Waals surface area contributed by atoms with Crippen LogP contribution in [0.3, 0.4) is 0 Å². The number of carbonyl (C=O) groups is 2. The largest absolute Gasteiger partial charge is 0.492 e. The molecular weight excluding hydrogens is 471 g/mol. The van der Waals surface area contributed by atoms with E-state index in [2.05, 4.69) is 27.3 Å². The Morgan fingerprint density at radius 3 is 2.47 bits per heavy atom.